The molecular weight excluding hydrogens is 330 g/mol. The third-order valence-electron chi connectivity index (χ3n) is 5.51. The second-order valence-corrected chi connectivity index (χ2v) is 7.62. The van der Waals surface area contributed by atoms with Gasteiger partial charge in [-0.2, -0.15) is 0 Å². The molecule has 0 aliphatic heterocycles. The van der Waals surface area contributed by atoms with Crippen molar-refractivity contribution in [2.75, 3.05) is 5.73 Å². The van der Waals surface area contributed by atoms with Gasteiger partial charge in [-0.25, -0.2) is 4.98 Å². The van der Waals surface area contributed by atoms with Crippen molar-refractivity contribution < 1.29 is 0 Å². The Hall–Kier alpha value is -2.94. The molecule has 0 aliphatic rings. The summed E-state index contributed by atoms with van der Waals surface area (Å²) >= 11 is 0. The Bertz CT molecular complexity index is 1180. The Morgan fingerprint density at radius 2 is 1.59 bits per heavy atom. The summed E-state index contributed by atoms with van der Waals surface area (Å²) in [7, 11) is 0. The molecule has 0 aliphatic carbocycles. The third-order valence-corrected chi connectivity index (χ3v) is 5.51. The zero-order valence-electron chi connectivity index (χ0n) is 16.4. The summed E-state index contributed by atoms with van der Waals surface area (Å²) in [6.07, 6.45) is 3.91. The Morgan fingerprint density at radius 1 is 0.815 bits per heavy atom. The maximum atomic E-state index is 6.16. The normalized spacial score (nSPS) is 11.4. The van der Waals surface area contributed by atoms with E-state index in [0.717, 1.165) is 34.6 Å². The Balaban J connectivity index is 1.73. The summed E-state index contributed by atoms with van der Waals surface area (Å²) in [6, 6.07) is 13.2. The van der Waals surface area contributed by atoms with Crippen molar-refractivity contribution in [1.29, 1.82) is 0 Å². The smallest absolute Gasteiger partial charge is 0.150 e. The van der Waals surface area contributed by atoms with Crippen molar-refractivity contribution in [2.45, 2.75) is 40.5 Å². The number of nitrogens with two attached hydrogens (primary N) is 1. The summed E-state index contributed by atoms with van der Waals surface area (Å²) in [5, 5.41) is 2.20. The van der Waals surface area contributed by atoms with E-state index in [2.05, 4.69) is 74.1 Å². The van der Waals surface area contributed by atoms with E-state index in [4.69, 9.17) is 5.73 Å². The van der Waals surface area contributed by atoms with Gasteiger partial charge in [0.1, 0.15) is 5.52 Å². The van der Waals surface area contributed by atoms with Gasteiger partial charge in [-0.3, -0.25) is 4.98 Å². The van der Waals surface area contributed by atoms with Crippen LogP contribution in [0.25, 0.3) is 21.8 Å². The van der Waals surface area contributed by atoms with Crippen LogP contribution in [0.15, 0.2) is 42.6 Å². The van der Waals surface area contributed by atoms with Gasteiger partial charge in [-0.1, -0.05) is 24.3 Å². The second kappa shape index (κ2) is 6.66. The van der Waals surface area contributed by atoms with E-state index in [0.29, 0.717) is 5.82 Å². The lowest BCUT2D eigenvalue weighted by Gasteiger charge is -2.11. The molecule has 0 amide bonds. The predicted molar refractivity (Wildman–Crippen MR) is 114 cm³/mol. The highest BCUT2D eigenvalue weighted by atomic mass is 14.9. The Labute approximate surface area is 160 Å². The molecule has 0 spiro atoms. The number of pyridine rings is 2. The van der Waals surface area contributed by atoms with E-state index < -0.39 is 0 Å². The minimum Gasteiger partial charge on any atom is -0.382 e. The van der Waals surface area contributed by atoms with E-state index in [9.17, 15) is 0 Å². The number of benzene rings is 2. The van der Waals surface area contributed by atoms with Gasteiger partial charge >= 0.3 is 0 Å². The highest BCUT2D eigenvalue weighted by Crippen LogP contribution is 2.28. The van der Waals surface area contributed by atoms with Crippen LogP contribution in [0.3, 0.4) is 0 Å². The largest absolute Gasteiger partial charge is 0.382 e. The van der Waals surface area contributed by atoms with Gasteiger partial charge < -0.3 is 5.73 Å². The van der Waals surface area contributed by atoms with E-state index in [-0.39, 0.29) is 0 Å². The highest BCUT2D eigenvalue weighted by molar-refractivity contribution is 6.08. The molecule has 2 aromatic heterocycles. The fourth-order valence-corrected chi connectivity index (χ4v) is 3.77. The van der Waals surface area contributed by atoms with Gasteiger partial charge in [-0.15, -0.1) is 0 Å². The molecule has 27 heavy (non-hydrogen) atoms. The summed E-state index contributed by atoms with van der Waals surface area (Å²) < 4.78 is 0. The molecule has 0 bridgehead atoms. The van der Waals surface area contributed by atoms with Crippen LogP contribution in [0.1, 0.15) is 33.4 Å². The predicted octanol–water partition coefficient (Wildman–Crippen LogP) is 5.38. The number of aryl methyl sites for hydroxylation is 6. The fraction of sp³-hybridized carbons (Fsp3) is 0.250. The minimum atomic E-state index is 0.500. The molecule has 0 fully saturated rings. The number of rotatable bonds is 3. The maximum Gasteiger partial charge on any atom is 0.150 e. The Morgan fingerprint density at radius 3 is 2.41 bits per heavy atom. The van der Waals surface area contributed by atoms with Crippen LogP contribution in [0.4, 0.5) is 5.82 Å². The maximum absolute atomic E-state index is 6.16. The van der Waals surface area contributed by atoms with E-state index >= 15 is 0 Å². The number of nitrogen functional groups attached to an aromatic ring is 1. The molecule has 2 heterocycles. The average Bonchev–Trinajstić information content (AvgIpc) is 2.63. The van der Waals surface area contributed by atoms with Crippen molar-refractivity contribution in [2.24, 2.45) is 0 Å². The van der Waals surface area contributed by atoms with Crippen molar-refractivity contribution >= 4 is 27.6 Å². The van der Waals surface area contributed by atoms with Gasteiger partial charge in [0, 0.05) is 17.0 Å². The van der Waals surface area contributed by atoms with Crippen molar-refractivity contribution in [3.05, 3.63) is 76.0 Å². The lowest BCUT2D eigenvalue weighted by molar-refractivity contribution is 0.940. The first kappa shape index (κ1) is 17.5. The molecule has 4 aromatic rings. The quantitative estimate of drug-likeness (QED) is 0.502. The van der Waals surface area contributed by atoms with Gasteiger partial charge in [-0.05, 0) is 86.1 Å². The van der Waals surface area contributed by atoms with Crippen molar-refractivity contribution in [1.82, 2.24) is 9.97 Å². The number of hydrogen-bond donors (Lipinski definition) is 1. The monoisotopic (exact) mass is 355 g/mol. The lowest BCUT2D eigenvalue weighted by atomic mass is 9.96. The summed E-state index contributed by atoms with van der Waals surface area (Å²) in [5.74, 6) is 0.500. The SMILES string of the molecule is Cc1ccc2c(c1)nc(N)c1ncc(CCc3cc(C)c(C)cc3C)cc12. The fourth-order valence-electron chi connectivity index (χ4n) is 3.77. The van der Waals surface area contributed by atoms with E-state index in [1.54, 1.807) is 0 Å². The van der Waals surface area contributed by atoms with Crippen LogP contribution in [0.5, 0.6) is 0 Å². The standard InChI is InChI=1S/C24H25N3/c1-14-5-8-20-21-12-18(13-26-23(21)24(25)27-22(20)9-14)6-7-19-11-16(3)15(2)10-17(19)4/h5,8-13H,6-7H2,1-4H3,(H2,25,27). The molecule has 2 aromatic carbocycles. The summed E-state index contributed by atoms with van der Waals surface area (Å²) in [6.45, 7) is 8.62. The van der Waals surface area contributed by atoms with Crippen LogP contribution >= 0.6 is 0 Å². The van der Waals surface area contributed by atoms with Gasteiger partial charge in [0.15, 0.2) is 5.82 Å². The van der Waals surface area contributed by atoms with E-state index in [1.807, 2.05) is 6.20 Å². The molecule has 0 saturated carbocycles. The molecule has 0 radical (unpaired) electrons. The molecule has 0 saturated heterocycles. The lowest BCUT2D eigenvalue weighted by Crippen LogP contribution is -1.99. The zero-order valence-corrected chi connectivity index (χ0v) is 16.4. The summed E-state index contributed by atoms with van der Waals surface area (Å²) in [5.41, 5.74) is 15.8. The van der Waals surface area contributed by atoms with Crippen LogP contribution in [-0.2, 0) is 12.8 Å². The minimum absolute atomic E-state index is 0.500. The molecule has 4 rings (SSSR count). The number of hydrogen-bond acceptors (Lipinski definition) is 3. The second-order valence-electron chi connectivity index (χ2n) is 7.62. The highest BCUT2D eigenvalue weighted by Gasteiger charge is 2.10. The zero-order chi connectivity index (χ0) is 19.1. The first-order valence-electron chi connectivity index (χ1n) is 9.43. The number of nitrogens with zero attached hydrogens (tertiary/aromatic N) is 2. The number of aromatic nitrogens is 2. The number of fused-ring (bicyclic) bond motifs is 3. The Kier molecular flexibility index (Phi) is 4.31. The molecule has 0 unspecified atom stereocenters. The van der Waals surface area contributed by atoms with Crippen molar-refractivity contribution in [3.8, 4) is 0 Å². The number of anilines is 1. The average molecular weight is 355 g/mol. The first-order valence-corrected chi connectivity index (χ1v) is 9.43. The van der Waals surface area contributed by atoms with Gasteiger partial charge in [0.2, 0.25) is 0 Å². The molecular formula is C24H25N3. The van der Waals surface area contributed by atoms with E-state index in [1.165, 1.54) is 33.4 Å². The van der Waals surface area contributed by atoms with Gasteiger partial charge in [0.25, 0.3) is 0 Å². The van der Waals surface area contributed by atoms with Crippen LogP contribution < -0.4 is 5.73 Å². The molecule has 3 heteroatoms. The van der Waals surface area contributed by atoms with Crippen LogP contribution in [-0.4, -0.2) is 9.97 Å². The van der Waals surface area contributed by atoms with Crippen molar-refractivity contribution in [3.63, 3.8) is 0 Å². The van der Waals surface area contributed by atoms with Gasteiger partial charge in [0.05, 0.1) is 5.52 Å². The molecule has 136 valence electrons. The first-order chi connectivity index (χ1) is 12.9. The topological polar surface area (TPSA) is 51.8 Å². The molecule has 3 nitrogen and oxygen atoms in total. The molecule has 2 N–H and O–H groups in total. The summed E-state index contributed by atoms with van der Waals surface area (Å²) in [4.78, 5) is 9.16. The molecule has 0 atom stereocenters. The third kappa shape index (κ3) is 3.25. The van der Waals surface area contributed by atoms with Crippen LogP contribution in [0.2, 0.25) is 0 Å². The van der Waals surface area contributed by atoms with Crippen LogP contribution in [0, 0.1) is 27.7 Å².